The summed E-state index contributed by atoms with van der Waals surface area (Å²) in [7, 11) is 0. The van der Waals surface area contributed by atoms with Crippen LogP contribution in [-0.4, -0.2) is 0 Å². The van der Waals surface area contributed by atoms with Crippen LogP contribution in [0, 0.1) is 0 Å². The predicted molar refractivity (Wildman–Crippen MR) is 145 cm³/mol. The molecule has 148 valence electrons. The molecule has 0 unspecified atom stereocenters. The molecule has 6 aromatic carbocycles. The van der Waals surface area contributed by atoms with Crippen LogP contribution in [0.5, 0.6) is 0 Å². The smallest absolute Gasteiger partial charge is 0.0548 e. The lowest BCUT2D eigenvalue weighted by Gasteiger charge is -2.05. The average Bonchev–Trinajstić information content (AvgIpc) is 3.39. The monoisotopic (exact) mass is 440 g/mol. The molecule has 0 nitrogen and oxygen atoms in total. The Morgan fingerprint density at radius 3 is 1.28 bits per heavy atom. The third kappa shape index (κ3) is 2.11. The molecule has 8 aromatic rings. The summed E-state index contributed by atoms with van der Waals surface area (Å²) in [5.74, 6) is 0. The van der Waals surface area contributed by atoms with Gasteiger partial charge < -0.3 is 0 Å². The normalized spacial score (nSPS) is 12.4. The number of hydrogen-bond donors (Lipinski definition) is 0. The van der Waals surface area contributed by atoms with Crippen LogP contribution in [0.4, 0.5) is 0 Å². The van der Waals surface area contributed by atoms with Crippen molar-refractivity contribution >= 4 is 95.3 Å². The number of fused-ring (bicyclic) bond motifs is 13. The Kier molecular flexibility index (Phi) is 3.25. The lowest BCUT2D eigenvalue weighted by atomic mass is 9.99. The molecule has 8 rings (SSSR count). The minimum absolute atomic E-state index is 1.31. The molecule has 0 radical (unpaired) electrons. The van der Waals surface area contributed by atoms with Crippen molar-refractivity contribution in [3.8, 4) is 0 Å². The minimum atomic E-state index is 1.31. The van der Waals surface area contributed by atoms with Gasteiger partial charge in [-0.3, -0.25) is 0 Å². The molecule has 2 heterocycles. The van der Waals surface area contributed by atoms with Crippen molar-refractivity contribution in [1.82, 2.24) is 0 Å². The zero-order chi connectivity index (χ0) is 20.8. The van der Waals surface area contributed by atoms with Gasteiger partial charge in [0.25, 0.3) is 0 Å². The highest BCUT2D eigenvalue weighted by molar-refractivity contribution is 7.37. The van der Waals surface area contributed by atoms with Crippen LogP contribution < -0.4 is 0 Å². The fourth-order valence-electron chi connectivity index (χ4n) is 5.42. The quantitative estimate of drug-likeness (QED) is 0.206. The van der Waals surface area contributed by atoms with Gasteiger partial charge in [-0.25, -0.2) is 0 Å². The molecule has 0 fully saturated rings. The fraction of sp³-hybridized carbons (Fsp3) is 0. The van der Waals surface area contributed by atoms with Gasteiger partial charge in [-0.2, -0.15) is 0 Å². The summed E-state index contributed by atoms with van der Waals surface area (Å²) in [5.41, 5.74) is 0. The first-order valence-corrected chi connectivity index (χ1v) is 12.5. The largest absolute Gasteiger partial charge is 0.134 e. The van der Waals surface area contributed by atoms with Gasteiger partial charge in [0.05, 0.1) is 9.40 Å². The summed E-state index contributed by atoms with van der Waals surface area (Å²) < 4.78 is 5.63. The molecule has 0 bridgehead atoms. The Morgan fingerprint density at radius 2 is 0.781 bits per heavy atom. The summed E-state index contributed by atoms with van der Waals surface area (Å²) in [6.45, 7) is 0. The lowest BCUT2D eigenvalue weighted by Crippen LogP contribution is -1.77. The first-order chi connectivity index (χ1) is 15.9. The predicted octanol–water partition coefficient (Wildman–Crippen LogP) is 9.88. The first kappa shape index (κ1) is 17.1. The number of hydrogen-bond acceptors (Lipinski definition) is 2. The van der Waals surface area contributed by atoms with Gasteiger partial charge in [-0.05, 0) is 55.2 Å². The van der Waals surface area contributed by atoms with Gasteiger partial charge in [-0.1, -0.05) is 84.9 Å². The number of benzene rings is 6. The van der Waals surface area contributed by atoms with Crippen molar-refractivity contribution in [2.75, 3.05) is 0 Å². The average molecular weight is 441 g/mol. The van der Waals surface area contributed by atoms with Gasteiger partial charge in [0.15, 0.2) is 0 Å². The van der Waals surface area contributed by atoms with Crippen LogP contribution in [0.1, 0.15) is 0 Å². The van der Waals surface area contributed by atoms with Gasteiger partial charge in [0.2, 0.25) is 0 Å². The van der Waals surface area contributed by atoms with E-state index in [1.54, 1.807) is 0 Å². The van der Waals surface area contributed by atoms with Crippen LogP contribution in [0.2, 0.25) is 0 Å². The molecule has 0 aliphatic carbocycles. The molecule has 0 saturated carbocycles. The van der Waals surface area contributed by atoms with E-state index < -0.39 is 0 Å². The second kappa shape index (κ2) is 6.07. The number of rotatable bonds is 0. The minimum Gasteiger partial charge on any atom is -0.134 e. The van der Waals surface area contributed by atoms with E-state index in [2.05, 4.69) is 97.1 Å². The van der Waals surface area contributed by atoms with Crippen LogP contribution in [0.25, 0.3) is 72.7 Å². The van der Waals surface area contributed by atoms with Crippen molar-refractivity contribution in [3.63, 3.8) is 0 Å². The summed E-state index contributed by atoms with van der Waals surface area (Å²) in [6.07, 6.45) is 0. The molecule has 0 saturated heterocycles. The highest BCUT2D eigenvalue weighted by Gasteiger charge is 2.17. The van der Waals surface area contributed by atoms with Gasteiger partial charge in [0.1, 0.15) is 0 Å². The highest BCUT2D eigenvalue weighted by atomic mass is 32.1. The summed E-state index contributed by atoms with van der Waals surface area (Å²) in [4.78, 5) is 0. The Bertz CT molecular complexity index is 1890. The van der Waals surface area contributed by atoms with E-state index in [1.807, 2.05) is 22.7 Å². The Hall–Kier alpha value is -3.46. The van der Waals surface area contributed by atoms with Crippen molar-refractivity contribution in [2.24, 2.45) is 0 Å². The molecule has 0 spiro atoms. The van der Waals surface area contributed by atoms with Crippen LogP contribution in [-0.2, 0) is 0 Å². The van der Waals surface area contributed by atoms with Crippen LogP contribution >= 0.6 is 22.7 Å². The van der Waals surface area contributed by atoms with E-state index in [4.69, 9.17) is 0 Å². The van der Waals surface area contributed by atoms with Crippen molar-refractivity contribution < 1.29 is 0 Å². The Labute approximate surface area is 191 Å². The van der Waals surface area contributed by atoms with Crippen molar-refractivity contribution in [2.45, 2.75) is 0 Å². The molecular weight excluding hydrogens is 424 g/mol. The summed E-state index contributed by atoms with van der Waals surface area (Å²) in [6, 6.07) is 35.9. The third-order valence-corrected chi connectivity index (χ3v) is 9.33. The zero-order valence-electron chi connectivity index (χ0n) is 17.1. The second-order valence-corrected chi connectivity index (χ2v) is 10.6. The molecule has 0 amide bonds. The molecule has 0 N–H and O–H groups in total. The van der Waals surface area contributed by atoms with E-state index in [1.165, 1.54) is 72.7 Å². The third-order valence-electron chi connectivity index (χ3n) is 6.86. The van der Waals surface area contributed by atoms with E-state index in [0.717, 1.165) is 0 Å². The summed E-state index contributed by atoms with van der Waals surface area (Å²) in [5, 5.41) is 13.6. The SMILES string of the molecule is c1ccc2c(c1)ccc1c2ccc2sc3c(sc4ccc5c6ccccc6ccc5c43)c21. The molecule has 0 aliphatic heterocycles. The Balaban J connectivity index is 1.58. The standard InChI is InChI=1S/C30H16S2/c1-3-7-19-17(5-1)9-11-23-21(19)13-15-25-27(23)29-30(31-25)28-24-12-10-18-6-2-4-8-20(18)22(24)14-16-26(28)32-29/h1-16H. The highest BCUT2D eigenvalue weighted by Crippen LogP contribution is 2.49. The first-order valence-electron chi connectivity index (χ1n) is 10.9. The summed E-state index contributed by atoms with van der Waals surface area (Å²) >= 11 is 3.90. The van der Waals surface area contributed by atoms with E-state index in [0.29, 0.717) is 0 Å². The maximum atomic E-state index is 2.33. The van der Waals surface area contributed by atoms with Crippen molar-refractivity contribution in [3.05, 3.63) is 97.1 Å². The van der Waals surface area contributed by atoms with Crippen LogP contribution in [0.3, 0.4) is 0 Å². The van der Waals surface area contributed by atoms with Crippen LogP contribution in [0.15, 0.2) is 97.1 Å². The molecule has 32 heavy (non-hydrogen) atoms. The topological polar surface area (TPSA) is 0 Å². The lowest BCUT2D eigenvalue weighted by molar-refractivity contribution is 1.80. The van der Waals surface area contributed by atoms with Gasteiger partial charge in [0, 0.05) is 20.2 Å². The molecule has 2 heteroatoms. The Morgan fingerprint density at radius 1 is 0.344 bits per heavy atom. The molecule has 2 aromatic heterocycles. The number of thiophene rings is 2. The molecular formula is C30H16S2. The maximum Gasteiger partial charge on any atom is 0.0548 e. The van der Waals surface area contributed by atoms with Gasteiger partial charge in [-0.15, -0.1) is 22.7 Å². The molecule has 0 aliphatic rings. The van der Waals surface area contributed by atoms with Gasteiger partial charge >= 0.3 is 0 Å². The second-order valence-electron chi connectivity index (χ2n) is 8.50. The maximum absolute atomic E-state index is 2.33. The molecule has 0 atom stereocenters. The van der Waals surface area contributed by atoms with E-state index in [9.17, 15) is 0 Å². The fourth-order valence-corrected chi connectivity index (χ4v) is 8.17. The zero-order valence-corrected chi connectivity index (χ0v) is 18.7. The van der Waals surface area contributed by atoms with Crippen molar-refractivity contribution in [1.29, 1.82) is 0 Å². The van der Waals surface area contributed by atoms with E-state index >= 15 is 0 Å². The van der Waals surface area contributed by atoms with E-state index in [-0.39, 0.29) is 0 Å².